The van der Waals surface area contributed by atoms with Crippen molar-refractivity contribution in [3.8, 4) is 5.75 Å². The molecule has 0 aliphatic heterocycles. The number of nitrogens with zero attached hydrogens (tertiary/aromatic N) is 1. The summed E-state index contributed by atoms with van der Waals surface area (Å²) in [6.07, 6.45) is 5.04. The van der Waals surface area contributed by atoms with Crippen LogP contribution in [0.3, 0.4) is 0 Å². The third-order valence-corrected chi connectivity index (χ3v) is 7.01. The molecule has 4 heteroatoms. The zero-order valence-corrected chi connectivity index (χ0v) is 21.0. The van der Waals surface area contributed by atoms with Crippen molar-refractivity contribution in [2.45, 2.75) is 90.8 Å². The average molecular weight is 452 g/mol. The summed E-state index contributed by atoms with van der Waals surface area (Å²) in [6, 6.07) is 16.3. The Morgan fingerprint density at radius 3 is 2.39 bits per heavy atom. The molecule has 3 rings (SSSR count). The number of rotatable bonds is 9. The Kier molecular flexibility index (Phi) is 8.96. The fraction of sp³-hybridized carbons (Fsp3) is 0.552. The molecule has 0 spiro atoms. The van der Waals surface area contributed by atoms with Crippen LogP contribution in [0.4, 0.5) is 0 Å². The van der Waals surface area contributed by atoms with Crippen molar-refractivity contribution in [2.24, 2.45) is 5.92 Å². The van der Waals surface area contributed by atoms with Gasteiger partial charge in [0.05, 0.1) is 5.56 Å². The summed E-state index contributed by atoms with van der Waals surface area (Å²) >= 11 is 0. The summed E-state index contributed by atoms with van der Waals surface area (Å²) in [5, 5.41) is 10.8. The molecule has 0 saturated heterocycles. The van der Waals surface area contributed by atoms with E-state index >= 15 is 0 Å². The molecule has 1 fully saturated rings. The van der Waals surface area contributed by atoms with Crippen molar-refractivity contribution in [3.05, 3.63) is 65.2 Å². The first-order valence-corrected chi connectivity index (χ1v) is 12.6. The molecule has 1 saturated carbocycles. The second kappa shape index (κ2) is 11.7. The van der Waals surface area contributed by atoms with Crippen molar-refractivity contribution >= 4 is 5.97 Å². The fourth-order valence-electron chi connectivity index (χ4n) is 5.24. The highest BCUT2D eigenvalue weighted by Gasteiger charge is 2.25. The number of aromatic hydroxyl groups is 1. The van der Waals surface area contributed by atoms with Gasteiger partial charge in [0.25, 0.3) is 0 Å². The molecule has 0 radical (unpaired) electrons. The van der Waals surface area contributed by atoms with E-state index in [0.29, 0.717) is 23.6 Å². The maximum atomic E-state index is 13.0. The highest BCUT2D eigenvalue weighted by molar-refractivity contribution is 5.90. The predicted octanol–water partition coefficient (Wildman–Crippen LogP) is 6.77. The summed E-state index contributed by atoms with van der Waals surface area (Å²) in [4.78, 5) is 15.4. The molecule has 33 heavy (non-hydrogen) atoms. The van der Waals surface area contributed by atoms with Gasteiger partial charge in [-0.3, -0.25) is 4.90 Å². The molecule has 0 amide bonds. The Hall–Kier alpha value is -2.33. The summed E-state index contributed by atoms with van der Waals surface area (Å²) < 4.78 is 5.86. The quantitative estimate of drug-likeness (QED) is 0.428. The number of benzene rings is 2. The van der Waals surface area contributed by atoms with Crippen LogP contribution in [-0.2, 0) is 4.74 Å². The Labute approximate surface area is 200 Å². The van der Waals surface area contributed by atoms with Crippen LogP contribution in [0.15, 0.2) is 48.5 Å². The SMILES string of the molecule is CC(C)N(CC[C@H](c1ccccc1)c1cc(C(=O)O[C@H]2CCC[C@@H](C)C2)ccc1O)C(C)C. The lowest BCUT2D eigenvalue weighted by Crippen LogP contribution is -2.38. The molecule has 2 aromatic rings. The topological polar surface area (TPSA) is 49.8 Å². The normalized spacial score (nSPS) is 19.8. The lowest BCUT2D eigenvalue weighted by Gasteiger charge is -2.32. The minimum Gasteiger partial charge on any atom is -0.508 e. The van der Waals surface area contributed by atoms with Gasteiger partial charge in [0, 0.05) is 23.6 Å². The van der Waals surface area contributed by atoms with E-state index in [9.17, 15) is 9.90 Å². The zero-order chi connectivity index (χ0) is 24.0. The van der Waals surface area contributed by atoms with Crippen LogP contribution in [0.2, 0.25) is 0 Å². The average Bonchev–Trinajstić information content (AvgIpc) is 2.77. The van der Waals surface area contributed by atoms with E-state index in [1.807, 2.05) is 24.3 Å². The molecular weight excluding hydrogens is 410 g/mol. The van der Waals surface area contributed by atoms with Gasteiger partial charge in [0.1, 0.15) is 11.9 Å². The van der Waals surface area contributed by atoms with Crippen molar-refractivity contribution in [1.82, 2.24) is 4.90 Å². The van der Waals surface area contributed by atoms with Gasteiger partial charge in [-0.15, -0.1) is 0 Å². The zero-order valence-electron chi connectivity index (χ0n) is 21.0. The van der Waals surface area contributed by atoms with Crippen molar-refractivity contribution in [1.29, 1.82) is 0 Å². The van der Waals surface area contributed by atoms with Gasteiger partial charge in [-0.05, 0) is 89.6 Å². The number of carbonyl (C=O) groups is 1. The molecule has 0 bridgehead atoms. The number of carbonyl (C=O) groups excluding carboxylic acids is 1. The van der Waals surface area contributed by atoms with Gasteiger partial charge < -0.3 is 9.84 Å². The van der Waals surface area contributed by atoms with Gasteiger partial charge in [0.15, 0.2) is 0 Å². The molecule has 0 unspecified atom stereocenters. The number of ether oxygens (including phenoxy) is 1. The third kappa shape index (κ3) is 6.83. The smallest absolute Gasteiger partial charge is 0.338 e. The number of phenolic OH excluding ortho intramolecular Hbond substituents is 1. The molecule has 3 atom stereocenters. The molecular formula is C29H41NO3. The highest BCUT2D eigenvalue weighted by Crippen LogP contribution is 2.35. The number of hydrogen-bond donors (Lipinski definition) is 1. The van der Waals surface area contributed by atoms with E-state index < -0.39 is 0 Å². The van der Waals surface area contributed by atoms with Crippen LogP contribution in [0.5, 0.6) is 5.75 Å². The largest absolute Gasteiger partial charge is 0.508 e. The van der Waals surface area contributed by atoms with E-state index in [4.69, 9.17) is 4.74 Å². The number of esters is 1. The second-order valence-corrected chi connectivity index (χ2v) is 10.2. The van der Waals surface area contributed by atoms with Crippen LogP contribution < -0.4 is 0 Å². The van der Waals surface area contributed by atoms with Crippen molar-refractivity contribution < 1.29 is 14.6 Å². The van der Waals surface area contributed by atoms with E-state index in [2.05, 4.69) is 51.7 Å². The first-order valence-electron chi connectivity index (χ1n) is 12.6. The van der Waals surface area contributed by atoms with Crippen LogP contribution in [0, 0.1) is 5.92 Å². The summed E-state index contributed by atoms with van der Waals surface area (Å²) in [6.45, 7) is 12.0. The van der Waals surface area contributed by atoms with E-state index in [1.54, 1.807) is 12.1 Å². The summed E-state index contributed by atoms with van der Waals surface area (Å²) in [5.74, 6) is 0.536. The van der Waals surface area contributed by atoms with E-state index in [0.717, 1.165) is 43.4 Å². The van der Waals surface area contributed by atoms with Crippen molar-refractivity contribution in [2.75, 3.05) is 6.54 Å². The van der Waals surface area contributed by atoms with Gasteiger partial charge in [-0.1, -0.05) is 43.7 Å². The molecule has 1 aliphatic carbocycles. The van der Waals surface area contributed by atoms with Gasteiger partial charge >= 0.3 is 5.97 Å². The Balaban J connectivity index is 1.86. The third-order valence-electron chi connectivity index (χ3n) is 7.01. The van der Waals surface area contributed by atoms with E-state index in [1.165, 1.54) is 6.42 Å². The summed E-state index contributed by atoms with van der Waals surface area (Å²) in [5.41, 5.74) is 2.46. The molecule has 1 aliphatic rings. The minimum absolute atomic E-state index is 0.00550. The van der Waals surface area contributed by atoms with Crippen LogP contribution in [0.1, 0.15) is 94.1 Å². The Bertz CT molecular complexity index is 885. The van der Waals surface area contributed by atoms with Crippen LogP contribution >= 0.6 is 0 Å². The van der Waals surface area contributed by atoms with Crippen molar-refractivity contribution in [3.63, 3.8) is 0 Å². The fourth-order valence-corrected chi connectivity index (χ4v) is 5.24. The standard InChI is InChI=1S/C29H41NO3/c1-20(2)30(21(3)4)17-16-26(23-11-7-6-8-12-23)27-19-24(14-15-28(27)31)29(32)33-25-13-9-10-22(5)18-25/h6-8,11-12,14-15,19-22,25-26,31H,9-10,13,16-18H2,1-5H3/t22-,25+,26-/m1/s1. The second-order valence-electron chi connectivity index (χ2n) is 10.2. The monoisotopic (exact) mass is 451 g/mol. The molecule has 1 N–H and O–H groups in total. The number of phenols is 1. The first-order chi connectivity index (χ1) is 15.8. The maximum absolute atomic E-state index is 13.0. The Morgan fingerprint density at radius 2 is 1.76 bits per heavy atom. The van der Waals surface area contributed by atoms with Gasteiger partial charge in [-0.2, -0.15) is 0 Å². The van der Waals surface area contributed by atoms with Gasteiger partial charge in [-0.25, -0.2) is 4.79 Å². The van der Waals surface area contributed by atoms with Crippen LogP contribution in [0.25, 0.3) is 0 Å². The molecule has 2 aromatic carbocycles. The number of hydrogen-bond acceptors (Lipinski definition) is 4. The first kappa shape index (κ1) is 25.3. The lowest BCUT2D eigenvalue weighted by atomic mass is 9.86. The highest BCUT2D eigenvalue weighted by atomic mass is 16.5. The van der Waals surface area contributed by atoms with Crippen LogP contribution in [-0.4, -0.2) is 40.7 Å². The van der Waals surface area contributed by atoms with E-state index in [-0.39, 0.29) is 23.7 Å². The predicted molar refractivity (Wildman–Crippen MR) is 135 cm³/mol. The lowest BCUT2D eigenvalue weighted by molar-refractivity contribution is 0.0155. The Morgan fingerprint density at radius 1 is 1.06 bits per heavy atom. The summed E-state index contributed by atoms with van der Waals surface area (Å²) in [7, 11) is 0. The molecule has 4 nitrogen and oxygen atoms in total. The maximum Gasteiger partial charge on any atom is 0.338 e. The minimum atomic E-state index is -0.284. The molecule has 0 heterocycles. The molecule has 0 aromatic heterocycles. The molecule has 180 valence electrons. The van der Waals surface area contributed by atoms with Gasteiger partial charge in [0.2, 0.25) is 0 Å².